The van der Waals surface area contributed by atoms with Gasteiger partial charge in [-0.2, -0.15) is 4.73 Å². The van der Waals surface area contributed by atoms with Gasteiger partial charge in [0.05, 0.1) is 11.2 Å². The molecular formula is C26H29N3O4. The molecule has 7 heteroatoms. The molecule has 0 bridgehead atoms. The number of aldehydes is 1. The molecule has 2 N–H and O–H groups in total. The van der Waals surface area contributed by atoms with Crippen molar-refractivity contribution in [2.75, 3.05) is 7.11 Å². The van der Waals surface area contributed by atoms with Crippen molar-refractivity contribution in [3.05, 3.63) is 78.1 Å². The number of fused-ring (bicyclic) bond motifs is 3. The van der Waals surface area contributed by atoms with Crippen LogP contribution in [0.4, 0.5) is 0 Å². The number of para-hydroxylation sites is 1. The predicted molar refractivity (Wildman–Crippen MR) is 129 cm³/mol. The Morgan fingerprint density at radius 2 is 1.76 bits per heavy atom. The van der Waals surface area contributed by atoms with E-state index in [0.29, 0.717) is 6.29 Å². The van der Waals surface area contributed by atoms with E-state index >= 15 is 0 Å². The molecule has 172 valence electrons. The predicted octanol–water partition coefficient (Wildman–Crippen LogP) is 3.84. The lowest BCUT2D eigenvalue weighted by Gasteiger charge is -2.23. The lowest BCUT2D eigenvalue weighted by atomic mass is 9.87. The number of benzene rings is 2. The number of hydrogen-bond donors (Lipinski definition) is 1. The van der Waals surface area contributed by atoms with Crippen LogP contribution in [-0.2, 0) is 20.9 Å². The first-order valence-corrected chi connectivity index (χ1v) is 10.6. The van der Waals surface area contributed by atoms with Gasteiger partial charge < -0.3 is 20.1 Å². The molecular weight excluding hydrogens is 418 g/mol. The van der Waals surface area contributed by atoms with Crippen LogP contribution in [-0.4, -0.2) is 35.1 Å². The third-order valence-electron chi connectivity index (χ3n) is 5.49. The molecule has 2 aromatic carbocycles. The highest BCUT2D eigenvalue weighted by molar-refractivity contribution is 6.08. The lowest BCUT2D eigenvalue weighted by Crippen LogP contribution is -2.45. The Bertz CT molecular complexity index is 1250. The molecule has 0 aliphatic carbocycles. The summed E-state index contributed by atoms with van der Waals surface area (Å²) in [6, 6.07) is 18.6. The van der Waals surface area contributed by atoms with Crippen molar-refractivity contribution in [3.8, 4) is 0 Å². The van der Waals surface area contributed by atoms with E-state index in [4.69, 9.17) is 15.3 Å². The molecule has 0 aliphatic heterocycles. The second-order valence-corrected chi connectivity index (χ2v) is 8.30. The molecule has 0 radical (unpaired) electrons. The van der Waals surface area contributed by atoms with Crippen molar-refractivity contribution in [1.29, 1.82) is 0 Å². The number of aromatic nitrogens is 2. The topological polar surface area (TPSA) is 96.4 Å². The van der Waals surface area contributed by atoms with Crippen molar-refractivity contribution < 1.29 is 19.2 Å². The number of carbonyl (C=O) groups excluding carboxylic acids is 2. The Morgan fingerprint density at radius 1 is 1.09 bits per heavy atom. The fourth-order valence-corrected chi connectivity index (χ4v) is 3.42. The number of carbonyl (C=O) groups is 2. The first-order chi connectivity index (χ1) is 15.8. The number of nitrogens with zero attached hydrogens (tertiary/aromatic N) is 2. The minimum Gasteiger partial charge on any atom is -0.460 e. The number of rotatable bonds is 6. The summed E-state index contributed by atoms with van der Waals surface area (Å²) in [4.78, 5) is 32.1. The molecule has 1 unspecified atom stereocenters. The number of hydrogen-bond acceptors (Lipinski definition) is 6. The SMILES string of the molecule is CC(C)(C=O)C(N)C(=O)OCc1ccccc1.COn1c2ccccc2c2ccnc(C)c21. The van der Waals surface area contributed by atoms with Crippen molar-refractivity contribution in [2.24, 2.45) is 11.1 Å². The van der Waals surface area contributed by atoms with Crippen LogP contribution >= 0.6 is 0 Å². The Morgan fingerprint density at radius 3 is 2.42 bits per heavy atom. The molecule has 0 saturated heterocycles. The normalized spacial score (nSPS) is 12.0. The standard InChI is InChI=1S/C13H12N2O.C13H17NO3/c1-9-13-11(7-8-14-9)10-5-3-4-6-12(10)15(13)16-2;1-13(2,9-15)11(14)12(16)17-8-10-6-4-3-5-7-10/h3-8H,1-2H3;3-7,9,11H,8,14H2,1-2H3. The van der Waals surface area contributed by atoms with Gasteiger partial charge in [0.25, 0.3) is 0 Å². The van der Waals surface area contributed by atoms with E-state index in [1.807, 2.05) is 66.4 Å². The number of esters is 1. The van der Waals surface area contributed by atoms with E-state index in [1.54, 1.807) is 21.0 Å². The molecule has 7 nitrogen and oxygen atoms in total. The summed E-state index contributed by atoms with van der Waals surface area (Å²) < 4.78 is 6.90. The number of aryl methyl sites for hydroxylation is 1. The summed E-state index contributed by atoms with van der Waals surface area (Å²) in [7, 11) is 1.68. The Balaban J connectivity index is 0.000000186. The number of pyridine rings is 1. The van der Waals surface area contributed by atoms with Crippen LogP contribution in [0.5, 0.6) is 0 Å². The molecule has 2 aromatic heterocycles. The van der Waals surface area contributed by atoms with Gasteiger partial charge in [-0.1, -0.05) is 62.4 Å². The summed E-state index contributed by atoms with van der Waals surface area (Å²) in [5.74, 6) is -0.564. The fraction of sp³-hybridized carbons (Fsp3) is 0.269. The molecule has 2 heterocycles. The Kier molecular flexibility index (Phi) is 7.45. The maximum atomic E-state index is 11.6. The van der Waals surface area contributed by atoms with Crippen LogP contribution in [0, 0.1) is 12.3 Å². The van der Waals surface area contributed by atoms with Gasteiger partial charge in [-0.3, -0.25) is 9.78 Å². The summed E-state index contributed by atoms with van der Waals surface area (Å²) in [6.07, 6.45) is 2.51. The van der Waals surface area contributed by atoms with Crippen LogP contribution in [0.1, 0.15) is 25.1 Å². The van der Waals surface area contributed by atoms with Crippen LogP contribution < -0.4 is 10.6 Å². The quantitative estimate of drug-likeness (QED) is 0.356. The van der Waals surface area contributed by atoms with E-state index in [2.05, 4.69) is 17.1 Å². The van der Waals surface area contributed by atoms with Gasteiger partial charge in [-0.05, 0) is 24.6 Å². The van der Waals surface area contributed by atoms with Gasteiger partial charge in [0.15, 0.2) is 0 Å². The second-order valence-electron chi connectivity index (χ2n) is 8.30. The fourth-order valence-electron chi connectivity index (χ4n) is 3.42. The zero-order valence-electron chi connectivity index (χ0n) is 19.3. The number of nitrogens with two attached hydrogens (primary N) is 1. The molecule has 0 fully saturated rings. The van der Waals surface area contributed by atoms with Gasteiger partial charge in [-0.25, -0.2) is 0 Å². The highest BCUT2D eigenvalue weighted by Crippen LogP contribution is 2.28. The molecule has 4 rings (SSSR count). The van der Waals surface area contributed by atoms with E-state index in [1.165, 1.54) is 10.8 Å². The lowest BCUT2D eigenvalue weighted by molar-refractivity contribution is -0.150. The third kappa shape index (κ3) is 5.21. The molecule has 0 aliphatic rings. The van der Waals surface area contributed by atoms with Crippen LogP contribution in [0.2, 0.25) is 0 Å². The summed E-state index contributed by atoms with van der Waals surface area (Å²) >= 11 is 0. The smallest absolute Gasteiger partial charge is 0.324 e. The zero-order chi connectivity index (χ0) is 24.0. The molecule has 0 spiro atoms. The minimum atomic E-state index is -0.941. The van der Waals surface area contributed by atoms with Gasteiger partial charge in [0.1, 0.15) is 31.6 Å². The van der Waals surface area contributed by atoms with Crippen LogP contribution in [0.15, 0.2) is 66.9 Å². The number of ether oxygens (including phenoxy) is 1. The molecule has 4 aromatic rings. The molecule has 0 amide bonds. The first-order valence-electron chi connectivity index (χ1n) is 10.6. The first kappa shape index (κ1) is 23.9. The third-order valence-corrected chi connectivity index (χ3v) is 5.49. The molecule has 0 saturated carbocycles. The minimum absolute atomic E-state index is 0.169. The van der Waals surface area contributed by atoms with E-state index < -0.39 is 17.4 Å². The van der Waals surface area contributed by atoms with Gasteiger partial charge in [0.2, 0.25) is 0 Å². The van der Waals surface area contributed by atoms with Gasteiger partial charge in [0, 0.05) is 22.4 Å². The summed E-state index contributed by atoms with van der Waals surface area (Å²) in [6.45, 7) is 5.38. The van der Waals surface area contributed by atoms with Crippen molar-refractivity contribution in [1.82, 2.24) is 9.71 Å². The average molecular weight is 448 g/mol. The van der Waals surface area contributed by atoms with E-state index in [9.17, 15) is 9.59 Å². The average Bonchev–Trinajstić information content (AvgIpc) is 3.18. The maximum Gasteiger partial charge on any atom is 0.324 e. The summed E-state index contributed by atoms with van der Waals surface area (Å²) in [5.41, 5.74) is 8.75. The van der Waals surface area contributed by atoms with Gasteiger partial charge >= 0.3 is 5.97 Å². The Hall–Kier alpha value is -3.71. The van der Waals surface area contributed by atoms with Crippen molar-refractivity contribution >= 4 is 34.1 Å². The highest BCUT2D eigenvalue weighted by Gasteiger charge is 2.33. The highest BCUT2D eigenvalue weighted by atomic mass is 16.6. The summed E-state index contributed by atoms with van der Waals surface area (Å²) in [5, 5.41) is 2.38. The van der Waals surface area contributed by atoms with Crippen molar-refractivity contribution in [3.63, 3.8) is 0 Å². The van der Waals surface area contributed by atoms with Crippen molar-refractivity contribution in [2.45, 2.75) is 33.4 Å². The molecule has 33 heavy (non-hydrogen) atoms. The van der Waals surface area contributed by atoms with Crippen LogP contribution in [0.25, 0.3) is 21.8 Å². The largest absolute Gasteiger partial charge is 0.460 e. The molecule has 1 atom stereocenters. The van der Waals surface area contributed by atoms with E-state index in [0.717, 1.165) is 22.3 Å². The zero-order valence-corrected chi connectivity index (χ0v) is 19.3. The van der Waals surface area contributed by atoms with E-state index in [-0.39, 0.29) is 6.61 Å². The van der Waals surface area contributed by atoms with Gasteiger partial charge in [-0.15, -0.1) is 0 Å². The maximum absolute atomic E-state index is 11.6. The van der Waals surface area contributed by atoms with Crippen LogP contribution in [0.3, 0.4) is 0 Å². The second kappa shape index (κ2) is 10.3. The monoisotopic (exact) mass is 447 g/mol. The Labute approximate surface area is 193 Å².